The highest BCUT2D eigenvalue weighted by atomic mass is 16.6. The molecule has 1 aromatic carbocycles. The van der Waals surface area contributed by atoms with Crippen molar-refractivity contribution >= 4 is 11.5 Å². The minimum atomic E-state index is -0.448. The lowest BCUT2D eigenvalue weighted by atomic mass is 10.1. The Bertz CT molecular complexity index is 699. The molecule has 0 amide bonds. The van der Waals surface area contributed by atoms with Crippen LogP contribution in [0.15, 0.2) is 24.3 Å². The number of nitrogens with zero attached hydrogens (tertiary/aromatic N) is 4. The molecule has 0 saturated carbocycles. The highest BCUT2D eigenvalue weighted by molar-refractivity contribution is 5.59. The van der Waals surface area contributed by atoms with Gasteiger partial charge in [-0.05, 0) is 24.6 Å². The molecule has 0 fully saturated rings. The molecule has 0 aliphatic rings. The molecule has 20 heavy (non-hydrogen) atoms. The van der Waals surface area contributed by atoms with Gasteiger partial charge in [0, 0.05) is 13.6 Å². The van der Waals surface area contributed by atoms with Crippen LogP contribution in [-0.2, 0) is 13.6 Å². The van der Waals surface area contributed by atoms with Gasteiger partial charge >= 0.3 is 5.69 Å². The van der Waals surface area contributed by atoms with Gasteiger partial charge in [-0.15, -0.1) is 0 Å². The monoisotopic (exact) mass is 271 g/mol. The Labute approximate surface area is 115 Å². The van der Waals surface area contributed by atoms with Crippen LogP contribution in [0.25, 0.3) is 0 Å². The van der Waals surface area contributed by atoms with Gasteiger partial charge in [-0.2, -0.15) is 10.4 Å². The van der Waals surface area contributed by atoms with Gasteiger partial charge in [-0.1, -0.05) is 12.1 Å². The van der Waals surface area contributed by atoms with Crippen LogP contribution in [0.1, 0.15) is 16.8 Å². The first kappa shape index (κ1) is 13.5. The molecule has 2 aromatic rings. The van der Waals surface area contributed by atoms with Crippen molar-refractivity contribution in [2.45, 2.75) is 13.5 Å². The van der Waals surface area contributed by atoms with E-state index in [4.69, 9.17) is 5.26 Å². The summed E-state index contributed by atoms with van der Waals surface area (Å²) in [7, 11) is 1.65. The van der Waals surface area contributed by atoms with Crippen LogP contribution >= 0.6 is 0 Å². The Hall–Kier alpha value is -2.88. The molecule has 0 radical (unpaired) electrons. The van der Waals surface area contributed by atoms with E-state index in [9.17, 15) is 10.1 Å². The second kappa shape index (κ2) is 5.40. The van der Waals surface area contributed by atoms with E-state index in [2.05, 4.69) is 16.5 Å². The largest absolute Gasteiger partial charge is 0.360 e. The third-order valence-corrected chi connectivity index (χ3v) is 2.89. The smallest absolute Gasteiger partial charge is 0.333 e. The Morgan fingerprint density at radius 1 is 1.55 bits per heavy atom. The van der Waals surface area contributed by atoms with Gasteiger partial charge in [-0.3, -0.25) is 10.1 Å². The standard InChI is InChI=1S/C13H13N5O2/c1-9-12(18(19)20)13(17(2)16-9)15-8-11-5-3-4-10(6-11)7-14/h3-6,15H,8H2,1-2H3. The summed E-state index contributed by atoms with van der Waals surface area (Å²) in [6.45, 7) is 1.98. The maximum atomic E-state index is 11.0. The van der Waals surface area contributed by atoms with E-state index in [1.165, 1.54) is 4.68 Å². The predicted molar refractivity (Wildman–Crippen MR) is 73.1 cm³/mol. The Morgan fingerprint density at radius 2 is 2.30 bits per heavy atom. The van der Waals surface area contributed by atoms with Crippen molar-refractivity contribution in [2.24, 2.45) is 7.05 Å². The molecule has 1 N–H and O–H groups in total. The second-order valence-electron chi connectivity index (χ2n) is 4.33. The van der Waals surface area contributed by atoms with E-state index in [1.807, 2.05) is 6.07 Å². The van der Waals surface area contributed by atoms with Crippen LogP contribution in [-0.4, -0.2) is 14.7 Å². The van der Waals surface area contributed by atoms with Gasteiger partial charge in [-0.25, -0.2) is 4.68 Å². The molecular weight excluding hydrogens is 258 g/mol. The highest BCUT2D eigenvalue weighted by Gasteiger charge is 2.23. The van der Waals surface area contributed by atoms with Crippen LogP contribution in [0.4, 0.5) is 11.5 Å². The van der Waals surface area contributed by atoms with Gasteiger partial charge < -0.3 is 5.32 Å². The summed E-state index contributed by atoms with van der Waals surface area (Å²) >= 11 is 0. The molecular formula is C13H13N5O2. The summed E-state index contributed by atoms with van der Waals surface area (Å²) in [4.78, 5) is 10.6. The molecule has 0 bridgehead atoms. The quantitative estimate of drug-likeness (QED) is 0.678. The zero-order valence-electron chi connectivity index (χ0n) is 11.1. The number of nitriles is 1. The van der Waals surface area contributed by atoms with Gasteiger partial charge in [0.05, 0.1) is 16.6 Å². The van der Waals surface area contributed by atoms with Crippen molar-refractivity contribution in [3.05, 3.63) is 51.2 Å². The molecule has 0 aliphatic carbocycles. The number of benzene rings is 1. The molecule has 102 valence electrons. The topological polar surface area (TPSA) is 96.8 Å². The predicted octanol–water partition coefficient (Wildman–Crippen LogP) is 2.12. The van der Waals surface area contributed by atoms with Crippen molar-refractivity contribution in [3.63, 3.8) is 0 Å². The lowest BCUT2D eigenvalue weighted by Crippen LogP contribution is -2.06. The van der Waals surface area contributed by atoms with Crippen molar-refractivity contribution in [3.8, 4) is 6.07 Å². The fraction of sp³-hybridized carbons (Fsp3) is 0.231. The molecule has 7 nitrogen and oxygen atoms in total. The van der Waals surface area contributed by atoms with Crippen LogP contribution in [0, 0.1) is 28.4 Å². The maximum Gasteiger partial charge on any atom is 0.333 e. The van der Waals surface area contributed by atoms with Crippen molar-refractivity contribution in [2.75, 3.05) is 5.32 Å². The van der Waals surface area contributed by atoms with E-state index >= 15 is 0 Å². The number of hydrogen-bond acceptors (Lipinski definition) is 5. The number of aryl methyl sites for hydroxylation is 2. The lowest BCUT2D eigenvalue weighted by Gasteiger charge is -2.06. The van der Waals surface area contributed by atoms with Crippen molar-refractivity contribution in [1.82, 2.24) is 9.78 Å². The normalized spacial score (nSPS) is 10.1. The molecule has 1 heterocycles. The number of rotatable bonds is 4. The summed E-state index contributed by atoms with van der Waals surface area (Å²) < 4.78 is 1.45. The van der Waals surface area contributed by atoms with Crippen LogP contribution in [0.2, 0.25) is 0 Å². The molecule has 2 rings (SSSR count). The zero-order valence-corrected chi connectivity index (χ0v) is 11.1. The number of hydrogen-bond donors (Lipinski definition) is 1. The average Bonchev–Trinajstić information content (AvgIpc) is 2.71. The minimum Gasteiger partial charge on any atom is -0.360 e. The Kier molecular flexibility index (Phi) is 3.66. The number of anilines is 1. The van der Waals surface area contributed by atoms with E-state index in [0.717, 1.165) is 5.56 Å². The molecule has 0 unspecified atom stereocenters. The number of aromatic nitrogens is 2. The SMILES string of the molecule is Cc1nn(C)c(NCc2cccc(C#N)c2)c1[N+](=O)[O-]. The van der Waals surface area contributed by atoms with Crippen LogP contribution in [0.5, 0.6) is 0 Å². The number of nitrogens with one attached hydrogen (secondary N) is 1. The van der Waals surface area contributed by atoms with Gasteiger partial charge in [0.15, 0.2) is 0 Å². The summed E-state index contributed by atoms with van der Waals surface area (Å²) in [6.07, 6.45) is 0. The summed E-state index contributed by atoms with van der Waals surface area (Å²) in [5.41, 5.74) is 1.77. The van der Waals surface area contributed by atoms with Crippen LogP contribution in [0.3, 0.4) is 0 Å². The van der Waals surface area contributed by atoms with Gasteiger partial charge in [0.25, 0.3) is 0 Å². The summed E-state index contributed by atoms with van der Waals surface area (Å²) in [5.74, 6) is 0.356. The Morgan fingerprint density at radius 3 is 2.95 bits per heavy atom. The zero-order chi connectivity index (χ0) is 14.7. The molecule has 1 aromatic heterocycles. The van der Waals surface area contributed by atoms with Crippen LogP contribution < -0.4 is 5.32 Å². The first-order chi connectivity index (χ1) is 9.52. The van der Waals surface area contributed by atoms with Crippen molar-refractivity contribution in [1.29, 1.82) is 5.26 Å². The third kappa shape index (κ3) is 2.59. The van der Waals surface area contributed by atoms with Crippen molar-refractivity contribution < 1.29 is 4.92 Å². The molecule has 0 aliphatic heterocycles. The fourth-order valence-electron chi connectivity index (χ4n) is 2.00. The van der Waals surface area contributed by atoms with E-state index < -0.39 is 4.92 Å². The summed E-state index contributed by atoms with van der Waals surface area (Å²) in [5, 5.41) is 26.9. The Balaban J connectivity index is 2.23. The first-order valence-corrected chi connectivity index (χ1v) is 5.94. The van der Waals surface area contributed by atoms with E-state index in [-0.39, 0.29) is 5.69 Å². The summed E-state index contributed by atoms with van der Waals surface area (Å²) in [6, 6.07) is 9.13. The molecule has 0 saturated heterocycles. The number of nitro groups is 1. The lowest BCUT2D eigenvalue weighted by molar-refractivity contribution is -0.384. The second-order valence-corrected chi connectivity index (χ2v) is 4.33. The first-order valence-electron chi connectivity index (χ1n) is 5.94. The average molecular weight is 271 g/mol. The fourth-order valence-corrected chi connectivity index (χ4v) is 2.00. The van der Waals surface area contributed by atoms with E-state index in [0.29, 0.717) is 23.6 Å². The molecule has 0 atom stereocenters. The van der Waals surface area contributed by atoms with Gasteiger partial charge in [0.1, 0.15) is 5.69 Å². The highest BCUT2D eigenvalue weighted by Crippen LogP contribution is 2.27. The van der Waals surface area contributed by atoms with Gasteiger partial charge in [0.2, 0.25) is 5.82 Å². The van der Waals surface area contributed by atoms with E-state index in [1.54, 1.807) is 32.2 Å². The minimum absolute atomic E-state index is 0.0241. The molecule has 0 spiro atoms. The third-order valence-electron chi connectivity index (χ3n) is 2.89. The molecule has 7 heteroatoms. The maximum absolute atomic E-state index is 11.0.